The molecule has 0 aliphatic rings. The van der Waals surface area contributed by atoms with Crippen molar-refractivity contribution in [2.75, 3.05) is 0 Å². The van der Waals surface area contributed by atoms with Gasteiger partial charge >= 0.3 is 5.69 Å². The van der Waals surface area contributed by atoms with Gasteiger partial charge in [0.1, 0.15) is 5.75 Å². The van der Waals surface area contributed by atoms with Gasteiger partial charge in [0.05, 0.1) is 11.0 Å². The predicted molar refractivity (Wildman–Crippen MR) is 92.3 cm³/mol. The van der Waals surface area contributed by atoms with Crippen LogP contribution in [0.2, 0.25) is 0 Å². The van der Waals surface area contributed by atoms with Crippen LogP contribution in [0, 0.1) is 0 Å². The Morgan fingerprint density at radius 2 is 2.04 bits per heavy atom. The molecule has 0 radical (unpaired) electrons. The summed E-state index contributed by atoms with van der Waals surface area (Å²) < 4.78 is 12.5. The smallest absolute Gasteiger partial charge is 0.326 e. The first kappa shape index (κ1) is 15.2. The van der Waals surface area contributed by atoms with Crippen LogP contribution >= 0.6 is 0 Å². The molecule has 0 aliphatic heterocycles. The molecule has 0 unspecified atom stereocenters. The van der Waals surface area contributed by atoms with E-state index in [2.05, 4.69) is 15.1 Å². The van der Waals surface area contributed by atoms with Crippen molar-refractivity contribution in [3.8, 4) is 17.1 Å². The number of imidazole rings is 1. The lowest BCUT2D eigenvalue weighted by molar-refractivity contribution is 0.243. The van der Waals surface area contributed by atoms with Crippen LogP contribution in [0.3, 0.4) is 0 Å². The van der Waals surface area contributed by atoms with Gasteiger partial charge in [-0.2, -0.15) is 4.98 Å². The van der Waals surface area contributed by atoms with Gasteiger partial charge < -0.3 is 14.2 Å². The molecule has 7 heteroatoms. The minimum Gasteiger partial charge on any atom is -0.484 e. The summed E-state index contributed by atoms with van der Waals surface area (Å²) in [5.41, 5.74) is 2.25. The Balaban J connectivity index is 1.57. The summed E-state index contributed by atoms with van der Waals surface area (Å²) in [5, 5.41) is 3.99. The number of hydrogen-bond acceptors (Lipinski definition) is 5. The topological polar surface area (TPSA) is 85.9 Å². The first-order valence-corrected chi connectivity index (χ1v) is 7.98. The van der Waals surface area contributed by atoms with Crippen molar-refractivity contribution >= 4 is 11.0 Å². The van der Waals surface area contributed by atoms with Crippen LogP contribution < -0.4 is 10.4 Å². The van der Waals surface area contributed by atoms with E-state index in [1.54, 1.807) is 4.57 Å². The lowest BCUT2D eigenvalue weighted by Crippen LogP contribution is -2.14. The maximum atomic E-state index is 11.9. The predicted octanol–water partition coefficient (Wildman–Crippen LogP) is 2.98. The summed E-state index contributed by atoms with van der Waals surface area (Å²) in [6, 6.07) is 15.0. The zero-order valence-electron chi connectivity index (χ0n) is 13.6. The molecule has 0 saturated carbocycles. The van der Waals surface area contributed by atoms with Crippen molar-refractivity contribution in [1.29, 1.82) is 0 Å². The molecule has 0 amide bonds. The summed E-state index contributed by atoms with van der Waals surface area (Å²) in [4.78, 5) is 19.1. The van der Waals surface area contributed by atoms with Crippen molar-refractivity contribution in [1.82, 2.24) is 19.7 Å². The third-order valence-electron chi connectivity index (χ3n) is 3.92. The molecule has 2 aromatic carbocycles. The number of rotatable bonds is 5. The van der Waals surface area contributed by atoms with Crippen LogP contribution in [0.15, 0.2) is 57.8 Å². The number of ether oxygens (including phenoxy) is 1. The number of para-hydroxylation sites is 1. The van der Waals surface area contributed by atoms with Crippen molar-refractivity contribution < 1.29 is 9.26 Å². The molecule has 25 heavy (non-hydrogen) atoms. The van der Waals surface area contributed by atoms with E-state index in [4.69, 9.17) is 9.26 Å². The highest BCUT2D eigenvalue weighted by Crippen LogP contribution is 2.21. The van der Waals surface area contributed by atoms with E-state index in [1.807, 2.05) is 55.5 Å². The van der Waals surface area contributed by atoms with Crippen LogP contribution in [0.5, 0.6) is 5.75 Å². The molecule has 2 heterocycles. The molecular formula is C18H16N4O3. The van der Waals surface area contributed by atoms with Gasteiger partial charge in [-0.15, -0.1) is 0 Å². The first-order chi connectivity index (χ1) is 12.2. The zero-order chi connectivity index (χ0) is 17.2. The first-order valence-electron chi connectivity index (χ1n) is 7.98. The fourth-order valence-electron chi connectivity index (χ4n) is 2.71. The normalized spacial score (nSPS) is 11.1. The zero-order valence-corrected chi connectivity index (χ0v) is 13.6. The number of benzene rings is 2. The number of H-pyrrole nitrogens is 1. The lowest BCUT2D eigenvalue weighted by Gasteiger charge is -2.01. The van der Waals surface area contributed by atoms with E-state index in [-0.39, 0.29) is 12.3 Å². The summed E-state index contributed by atoms with van der Waals surface area (Å²) in [6.07, 6.45) is 0. The van der Waals surface area contributed by atoms with E-state index in [1.165, 1.54) is 0 Å². The van der Waals surface area contributed by atoms with Gasteiger partial charge in [-0.25, -0.2) is 4.79 Å². The minimum atomic E-state index is -0.125. The van der Waals surface area contributed by atoms with E-state index >= 15 is 0 Å². The third kappa shape index (κ3) is 2.91. The summed E-state index contributed by atoms with van der Waals surface area (Å²) in [5.74, 6) is 1.58. The van der Waals surface area contributed by atoms with Crippen LogP contribution in [-0.2, 0) is 13.2 Å². The monoisotopic (exact) mass is 336 g/mol. The van der Waals surface area contributed by atoms with Gasteiger partial charge in [0.25, 0.3) is 5.89 Å². The van der Waals surface area contributed by atoms with E-state index in [9.17, 15) is 4.79 Å². The Morgan fingerprint density at radius 1 is 1.20 bits per heavy atom. The van der Waals surface area contributed by atoms with Gasteiger partial charge in [-0.3, -0.25) is 4.57 Å². The Bertz CT molecular complexity index is 1060. The summed E-state index contributed by atoms with van der Waals surface area (Å²) >= 11 is 0. The fraction of sp³-hybridized carbons (Fsp3) is 0.167. The Hall–Kier alpha value is -3.35. The molecule has 126 valence electrons. The van der Waals surface area contributed by atoms with Crippen molar-refractivity contribution in [3.05, 3.63) is 64.9 Å². The van der Waals surface area contributed by atoms with Crippen LogP contribution in [0.25, 0.3) is 22.4 Å². The SMILES string of the molecule is CCn1c(=O)[nH]c2cc(-c3noc(COc4ccccc4)n3)ccc21. The van der Waals surface area contributed by atoms with Crippen LogP contribution in [-0.4, -0.2) is 19.7 Å². The number of nitrogens with zero attached hydrogens (tertiary/aromatic N) is 3. The maximum Gasteiger partial charge on any atom is 0.326 e. The second kappa shape index (κ2) is 6.27. The molecule has 0 atom stereocenters. The molecule has 1 N–H and O–H groups in total. The van der Waals surface area contributed by atoms with Crippen molar-refractivity contribution in [3.63, 3.8) is 0 Å². The standard InChI is InChI=1S/C18H16N4O3/c1-2-22-15-9-8-12(10-14(15)19-18(22)23)17-20-16(25-21-17)11-24-13-6-4-3-5-7-13/h3-10H,2,11H2,1H3,(H,19,23). The summed E-state index contributed by atoms with van der Waals surface area (Å²) in [7, 11) is 0. The second-order valence-electron chi connectivity index (χ2n) is 5.52. The van der Waals surface area contributed by atoms with E-state index in [0.717, 1.165) is 22.3 Å². The summed E-state index contributed by atoms with van der Waals surface area (Å²) in [6.45, 7) is 2.74. The van der Waals surface area contributed by atoms with Gasteiger partial charge in [-0.05, 0) is 37.3 Å². The molecule has 2 aromatic heterocycles. The minimum absolute atomic E-state index is 0.125. The highest BCUT2D eigenvalue weighted by Gasteiger charge is 2.12. The molecule has 7 nitrogen and oxygen atoms in total. The number of fused-ring (bicyclic) bond motifs is 1. The lowest BCUT2D eigenvalue weighted by atomic mass is 10.2. The highest BCUT2D eigenvalue weighted by molar-refractivity contribution is 5.80. The Kier molecular flexibility index (Phi) is 3.81. The number of nitrogens with one attached hydrogen (secondary N) is 1. The quantitative estimate of drug-likeness (QED) is 0.605. The molecule has 0 fully saturated rings. The molecular weight excluding hydrogens is 320 g/mol. The van der Waals surface area contributed by atoms with Gasteiger partial charge in [0, 0.05) is 12.1 Å². The Morgan fingerprint density at radius 3 is 2.84 bits per heavy atom. The van der Waals surface area contributed by atoms with Gasteiger partial charge in [0.2, 0.25) is 5.82 Å². The van der Waals surface area contributed by atoms with Crippen molar-refractivity contribution in [2.24, 2.45) is 0 Å². The average molecular weight is 336 g/mol. The van der Waals surface area contributed by atoms with Gasteiger partial charge in [-0.1, -0.05) is 23.4 Å². The van der Waals surface area contributed by atoms with E-state index in [0.29, 0.717) is 18.3 Å². The number of aromatic amines is 1. The van der Waals surface area contributed by atoms with Crippen LogP contribution in [0.1, 0.15) is 12.8 Å². The second-order valence-corrected chi connectivity index (χ2v) is 5.52. The highest BCUT2D eigenvalue weighted by atomic mass is 16.5. The number of hydrogen-bond donors (Lipinski definition) is 1. The van der Waals surface area contributed by atoms with E-state index < -0.39 is 0 Å². The third-order valence-corrected chi connectivity index (χ3v) is 3.92. The average Bonchev–Trinajstić information content (AvgIpc) is 3.23. The van der Waals surface area contributed by atoms with Crippen molar-refractivity contribution in [2.45, 2.75) is 20.1 Å². The molecule has 0 saturated heterocycles. The van der Waals surface area contributed by atoms with Gasteiger partial charge in [0.15, 0.2) is 6.61 Å². The number of aryl methyl sites for hydroxylation is 1. The Labute approximate surface area is 142 Å². The molecule has 0 bridgehead atoms. The molecule has 0 aliphatic carbocycles. The molecule has 0 spiro atoms. The molecule has 4 rings (SSSR count). The van der Waals surface area contributed by atoms with Crippen LogP contribution in [0.4, 0.5) is 0 Å². The fourth-order valence-corrected chi connectivity index (χ4v) is 2.71. The maximum absolute atomic E-state index is 11.9. The number of aromatic nitrogens is 4. The molecule has 4 aromatic rings. The largest absolute Gasteiger partial charge is 0.484 e.